The summed E-state index contributed by atoms with van der Waals surface area (Å²) in [4.78, 5) is 1.34. The summed E-state index contributed by atoms with van der Waals surface area (Å²) in [6.45, 7) is 0. The van der Waals surface area contributed by atoms with Crippen LogP contribution in [0.3, 0.4) is 0 Å². The molecular weight excluding hydrogens is 312 g/mol. The number of hydrogen-bond acceptors (Lipinski definition) is 4. The average Bonchev–Trinajstić information content (AvgIpc) is 2.93. The molecule has 0 saturated carbocycles. The van der Waals surface area contributed by atoms with Gasteiger partial charge in [-0.25, -0.2) is 4.68 Å². The Labute approximate surface area is 118 Å². The Balaban J connectivity index is 1.98. The quantitative estimate of drug-likeness (QED) is 0.922. The maximum atomic E-state index is 6.42. The van der Waals surface area contributed by atoms with Crippen LogP contribution in [0.2, 0.25) is 0 Å². The molecule has 3 rings (SSSR count). The van der Waals surface area contributed by atoms with Crippen molar-refractivity contribution in [3.05, 3.63) is 40.1 Å². The summed E-state index contributed by atoms with van der Waals surface area (Å²) in [7, 11) is 1.88. The molecule has 6 heteroatoms. The number of halogens is 1. The van der Waals surface area contributed by atoms with E-state index in [1.165, 1.54) is 10.5 Å². The number of hydrogen-bond donors (Lipinski definition) is 1. The molecule has 18 heavy (non-hydrogen) atoms. The van der Waals surface area contributed by atoms with Gasteiger partial charge in [0.05, 0.1) is 11.7 Å². The maximum absolute atomic E-state index is 6.42. The van der Waals surface area contributed by atoms with Crippen molar-refractivity contribution in [2.24, 2.45) is 12.8 Å². The Bertz CT molecular complexity index is 564. The molecule has 2 unspecified atom stereocenters. The summed E-state index contributed by atoms with van der Waals surface area (Å²) in [5.74, 6) is 1.33. The summed E-state index contributed by atoms with van der Waals surface area (Å²) >= 11 is 5.29. The van der Waals surface area contributed by atoms with Crippen molar-refractivity contribution in [2.45, 2.75) is 16.9 Å². The molecule has 1 aliphatic heterocycles. The molecule has 1 aromatic carbocycles. The smallest absolute Gasteiger partial charge is 0.153 e. The highest BCUT2D eigenvalue weighted by Gasteiger charge is 2.32. The Kier molecular flexibility index (Phi) is 3.17. The van der Waals surface area contributed by atoms with Crippen LogP contribution in [-0.2, 0) is 7.05 Å². The van der Waals surface area contributed by atoms with Crippen molar-refractivity contribution in [3.8, 4) is 0 Å². The predicted octanol–water partition coefficient (Wildman–Crippen LogP) is 2.47. The highest BCUT2D eigenvalue weighted by atomic mass is 79.9. The van der Waals surface area contributed by atoms with E-state index in [-0.39, 0.29) is 6.04 Å². The van der Waals surface area contributed by atoms with Gasteiger partial charge in [-0.1, -0.05) is 23.4 Å². The fourth-order valence-electron chi connectivity index (χ4n) is 2.37. The number of benzene rings is 1. The van der Waals surface area contributed by atoms with Gasteiger partial charge in [-0.05, 0) is 27.6 Å². The van der Waals surface area contributed by atoms with Gasteiger partial charge < -0.3 is 5.73 Å². The van der Waals surface area contributed by atoms with Crippen molar-refractivity contribution >= 4 is 27.7 Å². The first-order chi connectivity index (χ1) is 8.68. The van der Waals surface area contributed by atoms with Gasteiger partial charge in [-0.15, -0.1) is 16.9 Å². The second-order valence-electron chi connectivity index (χ2n) is 4.37. The lowest BCUT2D eigenvalue weighted by molar-refractivity contribution is 0.546. The first kappa shape index (κ1) is 12.2. The summed E-state index contributed by atoms with van der Waals surface area (Å²) in [5.41, 5.74) is 8.71. The third kappa shape index (κ3) is 1.88. The van der Waals surface area contributed by atoms with Crippen molar-refractivity contribution in [3.63, 3.8) is 0 Å². The highest BCUT2D eigenvalue weighted by molar-refractivity contribution is 9.10. The maximum Gasteiger partial charge on any atom is 0.153 e. The molecule has 0 bridgehead atoms. The predicted molar refractivity (Wildman–Crippen MR) is 75.5 cm³/mol. The lowest BCUT2D eigenvalue weighted by Gasteiger charge is -2.19. The monoisotopic (exact) mass is 324 g/mol. The Morgan fingerprint density at radius 3 is 3.00 bits per heavy atom. The van der Waals surface area contributed by atoms with E-state index in [1.807, 2.05) is 18.8 Å². The Hall–Kier alpha value is -0.850. The van der Waals surface area contributed by atoms with E-state index in [1.54, 1.807) is 4.68 Å². The zero-order chi connectivity index (χ0) is 12.7. The lowest BCUT2D eigenvalue weighted by Crippen LogP contribution is -2.23. The Morgan fingerprint density at radius 1 is 1.50 bits per heavy atom. The molecular formula is C12H13BrN4S. The molecule has 0 fully saturated rings. The van der Waals surface area contributed by atoms with Crippen LogP contribution in [0.5, 0.6) is 0 Å². The van der Waals surface area contributed by atoms with Gasteiger partial charge in [0, 0.05) is 23.6 Å². The second kappa shape index (κ2) is 4.68. The molecule has 0 aliphatic carbocycles. The fraction of sp³-hybridized carbons (Fsp3) is 0.333. The van der Waals surface area contributed by atoms with Crippen LogP contribution in [0.1, 0.15) is 23.2 Å². The van der Waals surface area contributed by atoms with Gasteiger partial charge in [0.1, 0.15) is 0 Å². The van der Waals surface area contributed by atoms with Crippen LogP contribution in [0.25, 0.3) is 0 Å². The number of thioether (sulfide) groups is 1. The van der Waals surface area contributed by atoms with E-state index in [2.05, 4.69) is 50.5 Å². The van der Waals surface area contributed by atoms with E-state index in [9.17, 15) is 0 Å². The van der Waals surface area contributed by atoms with E-state index in [4.69, 9.17) is 5.73 Å². The minimum Gasteiger partial charge on any atom is -0.322 e. The van der Waals surface area contributed by atoms with Crippen molar-refractivity contribution in [1.82, 2.24) is 15.0 Å². The number of rotatable bonds is 2. The van der Waals surface area contributed by atoms with Gasteiger partial charge in [0.25, 0.3) is 0 Å². The SMILES string of the molecule is Cn1nnc(Br)c1C(N)C1CSc2ccccc21. The lowest BCUT2D eigenvalue weighted by atomic mass is 9.92. The average molecular weight is 325 g/mol. The van der Waals surface area contributed by atoms with Gasteiger partial charge in [0.2, 0.25) is 0 Å². The van der Waals surface area contributed by atoms with Gasteiger partial charge >= 0.3 is 0 Å². The summed E-state index contributed by atoms with van der Waals surface area (Å²) in [5, 5.41) is 8.01. The fourth-order valence-corrected chi connectivity index (χ4v) is 4.27. The van der Waals surface area contributed by atoms with Crippen LogP contribution >= 0.6 is 27.7 Å². The molecule has 2 N–H and O–H groups in total. The summed E-state index contributed by atoms with van der Waals surface area (Å²) < 4.78 is 2.49. The third-order valence-electron chi connectivity index (χ3n) is 3.31. The third-order valence-corrected chi connectivity index (χ3v) is 5.09. The molecule has 4 nitrogen and oxygen atoms in total. The number of fused-ring (bicyclic) bond motifs is 1. The molecule has 0 radical (unpaired) electrons. The largest absolute Gasteiger partial charge is 0.322 e. The minimum atomic E-state index is -0.0875. The molecule has 2 aromatic rings. The highest BCUT2D eigenvalue weighted by Crippen LogP contribution is 2.45. The molecule has 0 amide bonds. The number of aromatic nitrogens is 3. The van der Waals surface area contributed by atoms with Crippen LogP contribution in [0.15, 0.2) is 33.8 Å². The molecule has 1 aromatic heterocycles. The molecule has 2 atom stereocenters. The summed E-state index contributed by atoms with van der Waals surface area (Å²) in [6.07, 6.45) is 0. The van der Waals surface area contributed by atoms with E-state index in [0.717, 1.165) is 16.0 Å². The van der Waals surface area contributed by atoms with Crippen LogP contribution in [0, 0.1) is 0 Å². The second-order valence-corrected chi connectivity index (χ2v) is 6.18. The molecule has 94 valence electrons. The topological polar surface area (TPSA) is 56.7 Å². The van der Waals surface area contributed by atoms with Crippen molar-refractivity contribution in [1.29, 1.82) is 0 Å². The van der Waals surface area contributed by atoms with Crippen molar-refractivity contribution in [2.75, 3.05) is 5.75 Å². The zero-order valence-electron chi connectivity index (χ0n) is 9.88. The first-order valence-corrected chi connectivity index (χ1v) is 7.48. The van der Waals surface area contributed by atoms with Crippen LogP contribution in [-0.4, -0.2) is 20.7 Å². The Morgan fingerprint density at radius 2 is 2.28 bits per heavy atom. The normalized spacial score (nSPS) is 19.8. The molecule has 2 heterocycles. The molecule has 1 aliphatic rings. The van der Waals surface area contributed by atoms with Gasteiger partial charge in [-0.3, -0.25) is 0 Å². The number of nitrogens with zero attached hydrogens (tertiary/aromatic N) is 3. The summed E-state index contributed by atoms with van der Waals surface area (Å²) in [6, 6.07) is 8.37. The minimum absolute atomic E-state index is 0.0875. The number of nitrogens with two attached hydrogens (primary N) is 1. The van der Waals surface area contributed by atoms with Crippen LogP contribution < -0.4 is 5.73 Å². The first-order valence-electron chi connectivity index (χ1n) is 5.71. The van der Waals surface area contributed by atoms with E-state index in [0.29, 0.717) is 5.92 Å². The van der Waals surface area contributed by atoms with E-state index < -0.39 is 0 Å². The standard InChI is InChI=1S/C12H13BrN4S/c1-17-11(12(13)15-16-17)10(14)8-6-18-9-5-3-2-4-7(8)9/h2-5,8,10H,6,14H2,1H3. The van der Waals surface area contributed by atoms with E-state index >= 15 is 0 Å². The molecule has 0 spiro atoms. The zero-order valence-corrected chi connectivity index (χ0v) is 12.3. The van der Waals surface area contributed by atoms with Crippen molar-refractivity contribution < 1.29 is 0 Å². The van der Waals surface area contributed by atoms with Crippen LogP contribution in [0.4, 0.5) is 0 Å². The van der Waals surface area contributed by atoms with Gasteiger partial charge in [-0.2, -0.15) is 0 Å². The molecule has 0 saturated heterocycles. The van der Waals surface area contributed by atoms with Gasteiger partial charge in [0.15, 0.2) is 4.60 Å². The number of aryl methyl sites for hydroxylation is 1.